The number of nitrogens with one attached hydrogen (secondary N) is 1. The van der Waals surface area contributed by atoms with Crippen LogP contribution in [0.25, 0.3) is 5.57 Å². The van der Waals surface area contributed by atoms with E-state index in [0.717, 1.165) is 57.2 Å². The fourth-order valence-electron chi connectivity index (χ4n) is 4.80. The maximum atomic E-state index is 13.5. The first-order valence-corrected chi connectivity index (χ1v) is 10.8. The summed E-state index contributed by atoms with van der Waals surface area (Å²) in [6, 6.07) is 7.25. The molecule has 0 unspecified atom stereocenters. The fourth-order valence-corrected chi connectivity index (χ4v) is 4.80. The molecule has 1 aliphatic carbocycles. The molecule has 0 radical (unpaired) electrons. The van der Waals surface area contributed by atoms with Crippen LogP contribution in [0.4, 0.5) is 5.69 Å². The lowest BCUT2D eigenvalue weighted by Crippen LogP contribution is -2.42. The van der Waals surface area contributed by atoms with Crippen LogP contribution in [0.5, 0.6) is 0 Å². The van der Waals surface area contributed by atoms with Gasteiger partial charge in [0.05, 0.1) is 5.57 Å². The van der Waals surface area contributed by atoms with Crippen LogP contribution in [0.1, 0.15) is 63.9 Å². The van der Waals surface area contributed by atoms with E-state index in [2.05, 4.69) is 10.2 Å². The van der Waals surface area contributed by atoms with Crippen LogP contribution in [-0.4, -0.2) is 46.7 Å². The van der Waals surface area contributed by atoms with E-state index in [0.29, 0.717) is 17.0 Å². The molecule has 6 nitrogen and oxygen atoms in total. The van der Waals surface area contributed by atoms with Gasteiger partial charge in [0.1, 0.15) is 5.70 Å². The van der Waals surface area contributed by atoms with Crippen molar-refractivity contribution in [3.8, 4) is 0 Å². The summed E-state index contributed by atoms with van der Waals surface area (Å²) in [5.74, 6) is -0.415. The predicted molar refractivity (Wildman–Crippen MR) is 112 cm³/mol. The minimum absolute atomic E-state index is 0.00579. The van der Waals surface area contributed by atoms with Crippen molar-refractivity contribution < 1.29 is 14.4 Å². The molecule has 0 bridgehead atoms. The third-order valence-corrected chi connectivity index (χ3v) is 6.20. The molecular formula is C23H29N3O3. The number of hydrogen-bond acceptors (Lipinski definition) is 4. The maximum Gasteiger partial charge on any atom is 0.278 e. The number of benzene rings is 1. The van der Waals surface area contributed by atoms with Crippen molar-refractivity contribution in [3.05, 3.63) is 35.5 Å². The van der Waals surface area contributed by atoms with Gasteiger partial charge >= 0.3 is 0 Å². The number of imide groups is 1. The van der Waals surface area contributed by atoms with Gasteiger partial charge in [0.2, 0.25) is 5.91 Å². The second-order valence-electron chi connectivity index (χ2n) is 8.30. The lowest BCUT2D eigenvalue weighted by Gasteiger charge is -2.26. The summed E-state index contributed by atoms with van der Waals surface area (Å²) >= 11 is 0. The fraction of sp³-hybridized carbons (Fsp3) is 0.522. The highest BCUT2D eigenvalue weighted by Crippen LogP contribution is 2.37. The molecule has 154 valence electrons. The van der Waals surface area contributed by atoms with E-state index in [9.17, 15) is 14.4 Å². The average Bonchev–Trinajstić information content (AvgIpc) is 3.20. The van der Waals surface area contributed by atoms with Gasteiger partial charge in [0.25, 0.3) is 11.8 Å². The molecule has 2 aliphatic heterocycles. The number of carbonyl (C=O) groups excluding carboxylic acids is 3. The van der Waals surface area contributed by atoms with E-state index in [1.54, 1.807) is 17.0 Å². The maximum absolute atomic E-state index is 13.5. The van der Waals surface area contributed by atoms with E-state index in [4.69, 9.17) is 0 Å². The van der Waals surface area contributed by atoms with Gasteiger partial charge in [-0.3, -0.25) is 19.3 Å². The van der Waals surface area contributed by atoms with Crippen LogP contribution in [0, 0.1) is 0 Å². The lowest BCUT2D eigenvalue weighted by molar-refractivity contribution is -0.140. The number of amides is 3. The minimum Gasteiger partial charge on any atom is -0.366 e. The zero-order chi connectivity index (χ0) is 20.4. The van der Waals surface area contributed by atoms with Crippen molar-refractivity contribution in [1.82, 2.24) is 9.80 Å². The van der Waals surface area contributed by atoms with Gasteiger partial charge < -0.3 is 10.2 Å². The van der Waals surface area contributed by atoms with Gasteiger partial charge in [-0.15, -0.1) is 0 Å². The monoisotopic (exact) mass is 395 g/mol. The molecule has 1 aromatic rings. The van der Waals surface area contributed by atoms with Gasteiger partial charge in [0.15, 0.2) is 0 Å². The van der Waals surface area contributed by atoms with Crippen LogP contribution in [0.15, 0.2) is 30.0 Å². The van der Waals surface area contributed by atoms with Gasteiger partial charge in [-0.05, 0) is 43.4 Å². The van der Waals surface area contributed by atoms with Crippen molar-refractivity contribution in [3.63, 3.8) is 0 Å². The summed E-state index contributed by atoms with van der Waals surface area (Å²) in [5.41, 5.74) is 2.52. The Kier molecular flexibility index (Phi) is 5.69. The van der Waals surface area contributed by atoms with Crippen molar-refractivity contribution in [2.24, 2.45) is 0 Å². The topological polar surface area (TPSA) is 69.7 Å². The highest BCUT2D eigenvalue weighted by molar-refractivity contribution is 6.35. The SMILES string of the molecule is CC(=O)Nc1ccc(C2=C(N3CCCC3)C(=O)N(C3CCCCCC3)C2=O)cc1. The molecule has 4 rings (SSSR count). The average molecular weight is 396 g/mol. The van der Waals surface area contributed by atoms with E-state index >= 15 is 0 Å². The second-order valence-corrected chi connectivity index (χ2v) is 8.30. The largest absolute Gasteiger partial charge is 0.366 e. The molecule has 3 amide bonds. The van der Waals surface area contributed by atoms with Crippen LogP contribution in [-0.2, 0) is 14.4 Å². The Morgan fingerprint density at radius 1 is 0.897 bits per heavy atom. The molecule has 29 heavy (non-hydrogen) atoms. The number of hydrogen-bond donors (Lipinski definition) is 1. The number of nitrogens with zero attached hydrogens (tertiary/aromatic N) is 2. The highest BCUT2D eigenvalue weighted by atomic mass is 16.2. The Hall–Kier alpha value is -2.63. The predicted octanol–water partition coefficient (Wildman–Crippen LogP) is 3.54. The minimum atomic E-state index is -0.156. The van der Waals surface area contributed by atoms with E-state index in [1.807, 2.05) is 12.1 Å². The Labute approximate surface area is 171 Å². The van der Waals surface area contributed by atoms with Gasteiger partial charge in [-0.2, -0.15) is 0 Å². The van der Waals surface area contributed by atoms with E-state index < -0.39 is 0 Å². The molecule has 2 fully saturated rings. The summed E-state index contributed by atoms with van der Waals surface area (Å²) < 4.78 is 0. The van der Waals surface area contributed by atoms with E-state index in [-0.39, 0.29) is 23.8 Å². The zero-order valence-electron chi connectivity index (χ0n) is 17.1. The first kappa shape index (κ1) is 19.7. The molecule has 0 aromatic heterocycles. The molecule has 0 spiro atoms. The third kappa shape index (κ3) is 3.93. The number of anilines is 1. The number of rotatable bonds is 4. The Balaban J connectivity index is 1.69. The van der Waals surface area contributed by atoms with Crippen molar-refractivity contribution in [2.45, 2.75) is 64.3 Å². The highest BCUT2D eigenvalue weighted by Gasteiger charge is 2.45. The summed E-state index contributed by atoms with van der Waals surface area (Å²) in [6.45, 7) is 3.10. The first-order valence-electron chi connectivity index (χ1n) is 10.8. The molecule has 0 atom stereocenters. The van der Waals surface area contributed by atoms with E-state index in [1.165, 1.54) is 19.8 Å². The number of likely N-dealkylation sites (tertiary alicyclic amines) is 1. The summed E-state index contributed by atoms with van der Waals surface area (Å²) in [4.78, 5) is 41.9. The number of carbonyl (C=O) groups is 3. The Morgan fingerprint density at radius 3 is 2.10 bits per heavy atom. The molecule has 3 aliphatic rings. The smallest absolute Gasteiger partial charge is 0.278 e. The van der Waals surface area contributed by atoms with Gasteiger partial charge in [0, 0.05) is 31.7 Å². The lowest BCUT2D eigenvalue weighted by atomic mass is 10.0. The molecule has 1 saturated heterocycles. The Morgan fingerprint density at radius 2 is 1.52 bits per heavy atom. The van der Waals surface area contributed by atoms with Crippen molar-refractivity contribution >= 4 is 29.0 Å². The normalized spacial score (nSPS) is 21.1. The third-order valence-electron chi connectivity index (χ3n) is 6.20. The Bertz CT molecular complexity index is 829. The molecular weight excluding hydrogens is 366 g/mol. The van der Waals surface area contributed by atoms with Crippen LogP contribution in [0.2, 0.25) is 0 Å². The second kappa shape index (κ2) is 8.39. The molecule has 1 saturated carbocycles. The molecule has 1 aromatic carbocycles. The molecule has 1 N–H and O–H groups in total. The van der Waals surface area contributed by atoms with Crippen molar-refractivity contribution in [1.29, 1.82) is 0 Å². The summed E-state index contributed by atoms with van der Waals surface area (Å²) in [6.07, 6.45) is 8.39. The van der Waals surface area contributed by atoms with Crippen LogP contribution < -0.4 is 5.32 Å². The molecule has 6 heteroatoms. The first-order chi connectivity index (χ1) is 14.1. The standard InChI is InChI=1S/C23H29N3O3/c1-16(27)24-18-12-10-17(11-13-18)20-21(25-14-6-7-15-25)23(29)26(22(20)28)19-8-4-2-3-5-9-19/h10-13,19H,2-9,14-15H2,1H3,(H,24,27). The van der Waals surface area contributed by atoms with Crippen LogP contribution in [0.3, 0.4) is 0 Å². The summed E-state index contributed by atoms with van der Waals surface area (Å²) in [5, 5.41) is 2.75. The van der Waals surface area contributed by atoms with Crippen molar-refractivity contribution in [2.75, 3.05) is 18.4 Å². The van der Waals surface area contributed by atoms with Crippen LogP contribution >= 0.6 is 0 Å². The molecule has 2 heterocycles. The van der Waals surface area contributed by atoms with Gasteiger partial charge in [-0.25, -0.2) is 0 Å². The van der Waals surface area contributed by atoms with Gasteiger partial charge in [-0.1, -0.05) is 37.8 Å². The quantitative estimate of drug-likeness (QED) is 0.625. The summed E-state index contributed by atoms with van der Waals surface area (Å²) in [7, 11) is 0. The zero-order valence-corrected chi connectivity index (χ0v) is 17.1.